The molecule has 1 aliphatic heterocycles. The Morgan fingerprint density at radius 2 is 2.12 bits per heavy atom. The number of urea groups is 1. The van der Waals surface area contributed by atoms with E-state index in [9.17, 15) is 9.59 Å². The lowest BCUT2D eigenvalue weighted by atomic mass is 10.1. The van der Waals surface area contributed by atoms with Crippen molar-refractivity contribution in [2.24, 2.45) is 0 Å². The first-order valence-electron chi connectivity index (χ1n) is 5.36. The normalized spacial score (nSPS) is 19.3. The van der Waals surface area contributed by atoms with E-state index in [0.717, 1.165) is 5.56 Å². The number of halogens is 1. The number of hydrogen-bond acceptors (Lipinski definition) is 2. The zero-order chi connectivity index (χ0) is 12.4. The molecule has 0 aliphatic carbocycles. The average molecular weight is 253 g/mol. The van der Waals surface area contributed by atoms with Crippen LogP contribution in [-0.4, -0.2) is 29.8 Å². The highest BCUT2D eigenvalue weighted by atomic mass is 35.5. The molecule has 1 aliphatic rings. The molecule has 0 bridgehead atoms. The first-order chi connectivity index (χ1) is 8.06. The lowest BCUT2D eigenvalue weighted by Gasteiger charge is -2.12. The van der Waals surface area contributed by atoms with E-state index in [0.29, 0.717) is 11.6 Å². The first-order valence-corrected chi connectivity index (χ1v) is 5.74. The topological polar surface area (TPSA) is 49.4 Å². The average Bonchev–Trinajstić information content (AvgIpc) is 2.60. The summed E-state index contributed by atoms with van der Waals surface area (Å²) in [5, 5.41) is 3.50. The molecular weight excluding hydrogens is 240 g/mol. The Kier molecular flexibility index (Phi) is 3.33. The SMILES string of the molecule is CC(=O)CN1CC(c2ccc(Cl)cc2)NC1=O. The van der Waals surface area contributed by atoms with Gasteiger partial charge in [-0.15, -0.1) is 0 Å². The van der Waals surface area contributed by atoms with Gasteiger partial charge in [-0.25, -0.2) is 4.79 Å². The fourth-order valence-corrected chi connectivity index (χ4v) is 2.00. The summed E-state index contributed by atoms with van der Waals surface area (Å²) in [6.45, 7) is 2.15. The number of nitrogens with one attached hydrogen (secondary N) is 1. The van der Waals surface area contributed by atoms with Gasteiger partial charge in [0.25, 0.3) is 0 Å². The first kappa shape index (κ1) is 11.9. The standard InChI is InChI=1S/C12H13ClN2O2/c1-8(16)6-15-7-11(14-12(15)17)9-2-4-10(13)5-3-9/h2-5,11H,6-7H2,1H3,(H,14,17). The maximum atomic E-state index is 11.6. The fourth-order valence-electron chi connectivity index (χ4n) is 1.88. The van der Waals surface area contributed by atoms with E-state index in [-0.39, 0.29) is 24.4 Å². The number of rotatable bonds is 3. The Morgan fingerprint density at radius 1 is 1.47 bits per heavy atom. The number of Topliss-reactive ketones (excluding diaryl/α,β-unsaturated/α-hetero) is 1. The molecule has 1 atom stereocenters. The Bertz CT molecular complexity index is 444. The van der Waals surface area contributed by atoms with Gasteiger partial charge in [0.05, 0.1) is 12.6 Å². The molecule has 0 saturated carbocycles. The van der Waals surface area contributed by atoms with Gasteiger partial charge < -0.3 is 10.2 Å². The zero-order valence-corrected chi connectivity index (χ0v) is 10.2. The molecule has 1 aromatic carbocycles. The second-order valence-electron chi connectivity index (χ2n) is 4.14. The third kappa shape index (κ3) is 2.77. The van der Waals surface area contributed by atoms with Gasteiger partial charge in [-0.2, -0.15) is 0 Å². The largest absolute Gasteiger partial charge is 0.329 e. The van der Waals surface area contributed by atoms with Crippen LogP contribution in [0.15, 0.2) is 24.3 Å². The second kappa shape index (κ2) is 4.75. The number of carbonyl (C=O) groups is 2. The van der Waals surface area contributed by atoms with Crippen LogP contribution in [0.25, 0.3) is 0 Å². The number of hydrogen-bond donors (Lipinski definition) is 1. The van der Waals surface area contributed by atoms with Crippen LogP contribution in [0.1, 0.15) is 18.5 Å². The minimum absolute atomic E-state index is 0.0168. The molecule has 0 aromatic heterocycles. The van der Waals surface area contributed by atoms with Crippen LogP contribution in [0.4, 0.5) is 4.79 Å². The van der Waals surface area contributed by atoms with Crippen LogP contribution >= 0.6 is 11.6 Å². The predicted octanol–water partition coefficient (Wildman–Crippen LogP) is 2.00. The highest BCUT2D eigenvalue weighted by Crippen LogP contribution is 2.21. The molecule has 5 heteroatoms. The molecule has 2 rings (SSSR count). The molecule has 1 saturated heterocycles. The van der Waals surface area contributed by atoms with Crippen molar-refractivity contribution in [1.82, 2.24) is 10.2 Å². The van der Waals surface area contributed by atoms with Crippen molar-refractivity contribution in [3.05, 3.63) is 34.9 Å². The van der Waals surface area contributed by atoms with Crippen LogP contribution < -0.4 is 5.32 Å². The minimum atomic E-state index is -0.194. The van der Waals surface area contributed by atoms with Gasteiger partial charge in [-0.1, -0.05) is 23.7 Å². The Labute approximate surface area is 105 Å². The summed E-state index contributed by atoms with van der Waals surface area (Å²) in [4.78, 5) is 24.1. The Hall–Kier alpha value is -1.55. The van der Waals surface area contributed by atoms with Gasteiger partial charge in [0.1, 0.15) is 5.78 Å². The lowest BCUT2D eigenvalue weighted by molar-refractivity contribution is -0.117. The van der Waals surface area contributed by atoms with Gasteiger partial charge in [0.2, 0.25) is 0 Å². The third-order valence-corrected chi connectivity index (χ3v) is 2.93. The van der Waals surface area contributed by atoms with E-state index < -0.39 is 0 Å². The zero-order valence-electron chi connectivity index (χ0n) is 9.44. The number of amides is 2. The van der Waals surface area contributed by atoms with Crippen LogP contribution in [-0.2, 0) is 4.79 Å². The van der Waals surface area contributed by atoms with E-state index in [4.69, 9.17) is 11.6 Å². The smallest absolute Gasteiger partial charge is 0.318 e. The van der Waals surface area contributed by atoms with Crippen molar-refractivity contribution in [1.29, 1.82) is 0 Å². The minimum Gasteiger partial charge on any atom is -0.329 e. The van der Waals surface area contributed by atoms with Gasteiger partial charge in [-0.05, 0) is 24.6 Å². The van der Waals surface area contributed by atoms with Crippen LogP contribution in [0.5, 0.6) is 0 Å². The quantitative estimate of drug-likeness (QED) is 0.895. The highest BCUT2D eigenvalue weighted by Gasteiger charge is 2.29. The Balaban J connectivity index is 2.08. The van der Waals surface area contributed by atoms with Crippen molar-refractivity contribution in [2.75, 3.05) is 13.1 Å². The van der Waals surface area contributed by atoms with Gasteiger partial charge >= 0.3 is 6.03 Å². The monoisotopic (exact) mass is 252 g/mol. The van der Waals surface area contributed by atoms with E-state index in [1.165, 1.54) is 11.8 Å². The van der Waals surface area contributed by atoms with E-state index >= 15 is 0 Å². The second-order valence-corrected chi connectivity index (χ2v) is 4.57. The molecular formula is C12H13ClN2O2. The number of ketones is 1. The molecule has 1 aromatic rings. The van der Waals surface area contributed by atoms with Crippen LogP contribution in [0.3, 0.4) is 0 Å². The molecule has 1 fully saturated rings. The van der Waals surface area contributed by atoms with E-state index in [2.05, 4.69) is 5.32 Å². The molecule has 1 unspecified atom stereocenters. The molecule has 4 nitrogen and oxygen atoms in total. The van der Waals surface area contributed by atoms with Crippen molar-refractivity contribution < 1.29 is 9.59 Å². The summed E-state index contributed by atoms with van der Waals surface area (Å²) in [6.07, 6.45) is 0. The number of nitrogens with zero attached hydrogens (tertiary/aromatic N) is 1. The predicted molar refractivity (Wildman–Crippen MR) is 65.0 cm³/mol. The summed E-state index contributed by atoms with van der Waals surface area (Å²) in [7, 11) is 0. The summed E-state index contributed by atoms with van der Waals surface area (Å²) in [6, 6.07) is 7.07. The summed E-state index contributed by atoms with van der Waals surface area (Å²) >= 11 is 5.80. The lowest BCUT2D eigenvalue weighted by Crippen LogP contribution is -2.32. The van der Waals surface area contributed by atoms with Crippen LogP contribution in [0, 0.1) is 0 Å². The summed E-state index contributed by atoms with van der Waals surface area (Å²) < 4.78 is 0. The maximum Gasteiger partial charge on any atom is 0.318 e. The van der Waals surface area contributed by atoms with E-state index in [1.807, 2.05) is 12.1 Å². The molecule has 2 amide bonds. The summed E-state index contributed by atoms with van der Waals surface area (Å²) in [5.74, 6) is -0.0168. The van der Waals surface area contributed by atoms with Crippen LogP contribution in [0.2, 0.25) is 5.02 Å². The summed E-state index contributed by atoms with van der Waals surface area (Å²) in [5.41, 5.74) is 0.994. The third-order valence-electron chi connectivity index (χ3n) is 2.67. The molecule has 1 heterocycles. The van der Waals surface area contributed by atoms with Crippen molar-refractivity contribution in [3.8, 4) is 0 Å². The number of carbonyl (C=O) groups excluding carboxylic acids is 2. The van der Waals surface area contributed by atoms with Gasteiger partial charge in [-0.3, -0.25) is 4.79 Å². The molecule has 90 valence electrons. The Morgan fingerprint density at radius 3 is 2.71 bits per heavy atom. The van der Waals surface area contributed by atoms with Gasteiger partial charge in [0, 0.05) is 11.6 Å². The highest BCUT2D eigenvalue weighted by molar-refractivity contribution is 6.30. The molecule has 1 N–H and O–H groups in total. The van der Waals surface area contributed by atoms with Crippen molar-refractivity contribution in [3.63, 3.8) is 0 Å². The molecule has 0 spiro atoms. The fraction of sp³-hybridized carbons (Fsp3) is 0.333. The molecule has 17 heavy (non-hydrogen) atoms. The van der Waals surface area contributed by atoms with Crippen molar-refractivity contribution in [2.45, 2.75) is 13.0 Å². The number of benzene rings is 1. The molecule has 0 radical (unpaired) electrons. The maximum absolute atomic E-state index is 11.6. The van der Waals surface area contributed by atoms with Gasteiger partial charge in [0.15, 0.2) is 0 Å². The van der Waals surface area contributed by atoms with E-state index in [1.54, 1.807) is 12.1 Å². The van der Waals surface area contributed by atoms with Crippen molar-refractivity contribution >= 4 is 23.4 Å².